The molecule has 0 saturated heterocycles. The first kappa shape index (κ1) is 13.5. The minimum Gasteiger partial charge on any atom is -0.257 e. The summed E-state index contributed by atoms with van der Waals surface area (Å²) in [5.74, 6) is 0. The summed E-state index contributed by atoms with van der Waals surface area (Å²) >= 11 is 0. The molecule has 0 atom stereocenters. The Balaban J connectivity index is 2.39. The Morgan fingerprint density at radius 3 is 2.32 bits per heavy atom. The Bertz CT molecular complexity index is 538. The molecule has 0 radical (unpaired) electrons. The highest BCUT2D eigenvalue weighted by atomic mass is 14.6. The number of pyridine rings is 1. The standard InChI is InChI=1S/C18H21N/c1-4-15(14-17-12-8-9-13-19-17)18(2,3)16-10-6-5-7-11-16/h5-14H,4H2,1-3H3/b15-14-. The Kier molecular flexibility index (Phi) is 4.16. The second kappa shape index (κ2) is 5.83. The quantitative estimate of drug-likeness (QED) is 0.756. The summed E-state index contributed by atoms with van der Waals surface area (Å²) in [6.07, 6.45) is 5.08. The van der Waals surface area contributed by atoms with Crippen molar-refractivity contribution in [3.05, 3.63) is 71.6 Å². The van der Waals surface area contributed by atoms with Gasteiger partial charge in [0.25, 0.3) is 0 Å². The third-order valence-electron chi connectivity index (χ3n) is 3.69. The fraction of sp³-hybridized carbons (Fsp3) is 0.278. The highest BCUT2D eigenvalue weighted by molar-refractivity contribution is 5.54. The highest BCUT2D eigenvalue weighted by Crippen LogP contribution is 2.34. The van der Waals surface area contributed by atoms with Crippen LogP contribution in [0.3, 0.4) is 0 Å². The number of rotatable bonds is 4. The molecule has 1 aromatic carbocycles. The second-order valence-corrected chi connectivity index (χ2v) is 5.27. The molecule has 2 rings (SSSR count). The normalized spacial score (nSPS) is 12.5. The summed E-state index contributed by atoms with van der Waals surface area (Å²) in [6.45, 7) is 6.76. The van der Waals surface area contributed by atoms with E-state index >= 15 is 0 Å². The molecule has 0 saturated carbocycles. The molecule has 0 bridgehead atoms. The van der Waals surface area contributed by atoms with Gasteiger partial charge in [0.05, 0.1) is 5.69 Å². The lowest BCUT2D eigenvalue weighted by atomic mass is 9.76. The van der Waals surface area contributed by atoms with Crippen LogP contribution in [0.2, 0.25) is 0 Å². The minimum absolute atomic E-state index is 0.0352. The van der Waals surface area contributed by atoms with E-state index in [0.29, 0.717) is 0 Å². The van der Waals surface area contributed by atoms with Crippen LogP contribution in [0.25, 0.3) is 6.08 Å². The Morgan fingerprint density at radius 2 is 1.74 bits per heavy atom. The average molecular weight is 251 g/mol. The zero-order valence-corrected chi connectivity index (χ0v) is 11.9. The smallest absolute Gasteiger partial charge is 0.0629 e. The number of hydrogen-bond donors (Lipinski definition) is 0. The third-order valence-corrected chi connectivity index (χ3v) is 3.69. The van der Waals surface area contributed by atoms with Gasteiger partial charge in [-0.1, -0.05) is 62.7 Å². The van der Waals surface area contributed by atoms with Gasteiger partial charge >= 0.3 is 0 Å². The molecule has 0 unspecified atom stereocenters. The molecule has 98 valence electrons. The summed E-state index contributed by atoms with van der Waals surface area (Å²) in [5, 5.41) is 0. The first-order chi connectivity index (χ1) is 9.14. The van der Waals surface area contributed by atoms with E-state index in [-0.39, 0.29) is 5.41 Å². The molecule has 0 aliphatic rings. The van der Waals surface area contributed by atoms with Crippen LogP contribution in [0.15, 0.2) is 60.3 Å². The maximum absolute atomic E-state index is 4.40. The molecule has 0 fully saturated rings. The number of allylic oxidation sites excluding steroid dienone is 1. The van der Waals surface area contributed by atoms with E-state index in [4.69, 9.17) is 0 Å². The summed E-state index contributed by atoms with van der Waals surface area (Å²) in [5.41, 5.74) is 3.81. The molecule has 2 aromatic rings. The van der Waals surface area contributed by atoms with Crippen molar-refractivity contribution in [3.63, 3.8) is 0 Å². The molecule has 0 N–H and O–H groups in total. The molecule has 19 heavy (non-hydrogen) atoms. The van der Waals surface area contributed by atoms with Crippen molar-refractivity contribution in [2.75, 3.05) is 0 Å². The van der Waals surface area contributed by atoms with E-state index < -0.39 is 0 Å². The van der Waals surface area contributed by atoms with E-state index in [0.717, 1.165) is 12.1 Å². The van der Waals surface area contributed by atoms with Gasteiger partial charge in [-0.2, -0.15) is 0 Å². The molecule has 1 heterocycles. The fourth-order valence-corrected chi connectivity index (χ4v) is 2.40. The van der Waals surface area contributed by atoms with Crippen LogP contribution in [-0.2, 0) is 5.41 Å². The van der Waals surface area contributed by atoms with Gasteiger partial charge in [0, 0.05) is 11.6 Å². The lowest BCUT2D eigenvalue weighted by Gasteiger charge is -2.28. The largest absolute Gasteiger partial charge is 0.257 e. The van der Waals surface area contributed by atoms with Crippen molar-refractivity contribution < 1.29 is 0 Å². The Labute approximate surface area is 116 Å². The second-order valence-electron chi connectivity index (χ2n) is 5.27. The van der Waals surface area contributed by atoms with E-state index in [9.17, 15) is 0 Å². The maximum atomic E-state index is 4.40. The van der Waals surface area contributed by atoms with Crippen molar-refractivity contribution >= 4 is 6.08 Å². The van der Waals surface area contributed by atoms with Crippen LogP contribution in [0.1, 0.15) is 38.4 Å². The third kappa shape index (κ3) is 3.11. The molecular formula is C18H21N. The van der Waals surface area contributed by atoms with E-state index in [1.54, 1.807) is 0 Å². The highest BCUT2D eigenvalue weighted by Gasteiger charge is 2.24. The van der Waals surface area contributed by atoms with Gasteiger partial charge in [0.2, 0.25) is 0 Å². The SMILES string of the molecule is CC/C(=C/c1ccccn1)C(C)(C)c1ccccc1. The van der Waals surface area contributed by atoms with Crippen molar-refractivity contribution in [2.24, 2.45) is 0 Å². The molecule has 1 heteroatoms. The maximum Gasteiger partial charge on any atom is 0.0629 e. The van der Waals surface area contributed by atoms with Crippen LogP contribution in [0.5, 0.6) is 0 Å². The predicted molar refractivity (Wildman–Crippen MR) is 82.0 cm³/mol. The first-order valence-electron chi connectivity index (χ1n) is 6.82. The molecule has 1 aromatic heterocycles. The summed E-state index contributed by atoms with van der Waals surface area (Å²) in [6, 6.07) is 16.7. The van der Waals surface area contributed by atoms with Gasteiger partial charge in [0.15, 0.2) is 0 Å². The van der Waals surface area contributed by atoms with Gasteiger partial charge in [-0.05, 0) is 30.2 Å². The monoisotopic (exact) mass is 251 g/mol. The summed E-state index contributed by atoms with van der Waals surface area (Å²) in [7, 11) is 0. The predicted octanol–water partition coefficient (Wildman–Crippen LogP) is 4.85. The summed E-state index contributed by atoms with van der Waals surface area (Å²) in [4.78, 5) is 4.40. The number of benzene rings is 1. The van der Waals surface area contributed by atoms with E-state index in [1.165, 1.54) is 11.1 Å². The molecule has 0 aliphatic heterocycles. The van der Waals surface area contributed by atoms with Gasteiger partial charge < -0.3 is 0 Å². The number of aromatic nitrogens is 1. The van der Waals surface area contributed by atoms with Crippen LogP contribution in [0, 0.1) is 0 Å². The van der Waals surface area contributed by atoms with Crippen LogP contribution < -0.4 is 0 Å². The summed E-state index contributed by atoms with van der Waals surface area (Å²) < 4.78 is 0. The number of hydrogen-bond acceptors (Lipinski definition) is 1. The van der Waals surface area contributed by atoms with Crippen molar-refractivity contribution in [2.45, 2.75) is 32.6 Å². The molecule has 1 nitrogen and oxygen atoms in total. The van der Waals surface area contributed by atoms with Crippen LogP contribution >= 0.6 is 0 Å². The van der Waals surface area contributed by atoms with Gasteiger partial charge in [0.1, 0.15) is 0 Å². The van der Waals surface area contributed by atoms with E-state index in [2.05, 4.69) is 68.2 Å². The van der Waals surface area contributed by atoms with Crippen molar-refractivity contribution in [1.82, 2.24) is 4.98 Å². The Hall–Kier alpha value is -1.89. The van der Waals surface area contributed by atoms with Crippen LogP contribution in [-0.4, -0.2) is 4.98 Å². The van der Waals surface area contributed by atoms with Gasteiger partial charge in [-0.3, -0.25) is 4.98 Å². The molecule has 0 aliphatic carbocycles. The van der Waals surface area contributed by atoms with Crippen molar-refractivity contribution in [1.29, 1.82) is 0 Å². The van der Waals surface area contributed by atoms with Gasteiger partial charge in [-0.15, -0.1) is 0 Å². The van der Waals surface area contributed by atoms with Crippen LogP contribution in [0.4, 0.5) is 0 Å². The molecular weight excluding hydrogens is 230 g/mol. The lowest BCUT2D eigenvalue weighted by molar-refractivity contribution is 0.606. The number of nitrogens with zero attached hydrogens (tertiary/aromatic N) is 1. The minimum atomic E-state index is 0.0352. The van der Waals surface area contributed by atoms with Crippen molar-refractivity contribution in [3.8, 4) is 0 Å². The first-order valence-corrected chi connectivity index (χ1v) is 6.82. The zero-order valence-electron chi connectivity index (χ0n) is 11.9. The lowest BCUT2D eigenvalue weighted by Crippen LogP contribution is -2.20. The Morgan fingerprint density at radius 1 is 1.05 bits per heavy atom. The molecule has 0 amide bonds. The van der Waals surface area contributed by atoms with E-state index in [1.807, 2.05) is 18.3 Å². The molecule has 0 spiro atoms. The van der Waals surface area contributed by atoms with Gasteiger partial charge in [-0.25, -0.2) is 0 Å². The topological polar surface area (TPSA) is 12.9 Å². The fourth-order valence-electron chi connectivity index (χ4n) is 2.40. The average Bonchev–Trinajstić information content (AvgIpc) is 2.46. The zero-order chi connectivity index (χ0) is 13.7.